The van der Waals surface area contributed by atoms with E-state index in [4.69, 9.17) is 4.74 Å². The quantitative estimate of drug-likeness (QED) is 0.115. The van der Waals surface area contributed by atoms with E-state index in [1.165, 1.54) is 35.2 Å². The molecule has 0 unspecified atom stereocenters. The van der Waals surface area contributed by atoms with E-state index in [1.54, 1.807) is 5.38 Å². The maximum absolute atomic E-state index is 12.9. The predicted molar refractivity (Wildman–Crippen MR) is 151 cm³/mol. The van der Waals surface area contributed by atoms with Crippen LogP contribution in [0, 0.1) is 10.5 Å². The highest BCUT2D eigenvalue weighted by Gasteiger charge is 2.30. The van der Waals surface area contributed by atoms with Gasteiger partial charge in [-0.3, -0.25) is 4.79 Å². The van der Waals surface area contributed by atoms with Gasteiger partial charge in [0.25, 0.3) is 0 Å². The van der Waals surface area contributed by atoms with Crippen molar-refractivity contribution >= 4 is 56.9 Å². The first kappa shape index (κ1) is 27.6. The average Bonchev–Trinajstić information content (AvgIpc) is 3.29. The van der Waals surface area contributed by atoms with E-state index >= 15 is 0 Å². The summed E-state index contributed by atoms with van der Waals surface area (Å²) in [4.78, 5) is 16.5. The van der Waals surface area contributed by atoms with Gasteiger partial charge in [-0.2, -0.15) is 18.3 Å². The summed E-state index contributed by atoms with van der Waals surface area (Å²) in [5.41, 5.74) is 5.50. The number of aryl methyl sites for hydroxylation is 1. The van der Waals surface area contributed by atoms with Gasteiger partial charge < -0.3 is 10.1 Å². The third-order valence-electron chi connectivity index (χ3n) is 5.17. The normalized spacial score (nSPS) is 11.5. The monoisotopic (exact) mass is 650 g/mol. The Labute approximate surface area is 235 Å². The van der Waals surface area contributed by atoms with Crippen molar-refractivity contribution in [1.82, 2.24) is 10.4 Å². The van der Waals surface area contributed by atoms with Crippen molar-refractivity contribution in [2.45, 2.75) is 26.1 Å². The number of anilines is 2. The highest BCUT2D eigenvalue weighted by Crippen LogP contribution is 2.32. The summed E-state index contributed by atoms with van der Waals surface area (Å²) >= 11 is 3.38. The number of carbonyl (C=O) groups excluding carboxylic acids is 1. The predicted octanol–water partition coefficient (Wildman–Crippen LogP) is 7.09. The van der Waals surface area contributed by atoms with Crippen molar-refractivity contribution in [3.8, 4) is 5.75 Å². The number of amides is 1. The number of nitrogens with one attached hydrogen (secondary N) is 2. The van der Waals surface area contributed by atoms with Gasteiger partial charge in [0.1, 0.15) is 12.4 Å². The number of benzene rings is 3. The first-order chi connectivity index (χ1) is 18.2. The van der Waals surface area contributed by atoms with Crippen LogP contribution in [0.2, 0.25) is 0 Å². The standard InChI is InChI=1S/C27H22F3IN4O2S/c1-17-4-2-5-19(10-17)15-37-24-9-8-18(11-23(24)31)14-32-35-25(36)13-22-16-38-26(34-22)33-21-7-3-6-20(12-21)27(28,29)30/h2-12,14,16H,13,15H2,1H3,(H,33,34)(H,35,36)/b32-14-. The van der Waals surface area contributed by atoms with E-state index < -0.39 is 11.7 Å². The van der Waals surface area contributed by atoms with Gasteiger partial charge in [0, 0.05) is 11.1 Å². The Morgan fingerprint density at radius 1 is 1.13 bits per heavy atom. The number of hydrogen-bond donors (Lipinski definition) is 2. The third-order valence-corrected chi connectivity index (χ3v) is 6.82. The minimum absolute atomic E-state index is 0.0264. The topological polar surface area (TPSA) is 75.6 Å². The first-order valence-corrected chi connectivity index (χ1v) is 13.3. The van der Waals surface area contributed by atoms with E-state index in [-0.39, 0.29) is 18.0 Å². The van der Waals surface area contributed by atoms with E-state index in [0.29, 0.717) is 17.4 Å². The molecule has 0 aliphatic rings. The van der Waals surface area contributed by atoms with Crippen molar-refractivity contribution in [3.05, 3.63) is 104 Å². The summed E-state index contributed by atoms with van der Waals surface area (Å²) in [5, 5.41) is 8.89. The van der Waals surface area contributed by atoms with E-state index in [1.807, 2.05) is 43.3 Å². The lowest BCUT2D eigenvalue weighted by molar-refractivity contribution is -0.137. The molecule has 196 valence electrons. The molecule has 4 aromatic rings. The number of halogens is 4. The summed E-state index contributed by atoms with van der Waals surface area (Å²) in [6.45, 7) is 2.51. The molecule has 2 N–H and O–H groups in total. The van der Waals surface area contributed by atoms with Crippen LogP contribution < -0.4 is 15.5 Å². The molecule has 0 fully saturated rings. The van der Waals surface area contributed by atoms with Gasteiger partial charge in [-0.1, -0.05) is 35.9 Å². The number of carbonyl (C=O) groups is 1. The zero-order chi connectivity index (χ0) is 27.1. The molecule has 0 saturated carbocycles. The summed E-state index contributed by atoms with van der Waals surface area (Å²) in [5.74, 6) is 0.386. The molecule has 0 atom stereocenters. The smallest absolute Gasteiger partial charge is 0.416 e. The zero-order valence-corrected chi connectivity index (χ0v) is 23.0. The number of hydrogen-bond acceptors (Lipinski definition) is 6. The molecule has 11 heteroatoms. The molecule has 1 amide bonds. The molecular formula is C27H22F3IN4O2S. The maximum Gasteiger partial charge on any atom is 0.416 e. The van der Waals surface area contributed by atoms with Gasteiger partial charge in [-0.05, 0) is 77.0 Å². The number of rotatable bonds is 9. The Morgan fingerprint density at radius 3 is 2.71 bits per heavy atom. The Bertz CT molecular complexity index is 1460. The minimum Gasteiger partial charge on any atom is -0.488 e. The van der Waals surface area contributed by atoms with Crippen molar-refractivity contribution in [1.29, 1.82) is 0 Å². The minimum atomic E-state index is -4.43. The fraction of sp³-hybridized carbons (Fsp3) is 0.148. The van der Waals surface area contributed by atoms with Gasteiger partial charge >= 0.3 is 6.18 Å². The molecule has 0 radical (unpaired) electrons. The lowest BCUT2D eigenvalue weighted by Gasteiger charge is -2.09. The van der Waals surface area contributed by atoms with Crippen LogP contribution >= 0.6 is 33.9 Å². The highest BCUT2D eigenvalue weighted by atomic mass is 127. The van der Waals surface area contributed by atoms with Crippen molar-refractivity contribution < 1.29 is 22.7 Å². The lowest BCUT2D eigenvalue weighted by atomic mass is 10.1. The molecule has 3 aromatic carbocycles. The molecular weight excluding hydrogens is 628 g/mol. The number of thiazole rings is 1. The Morgan fingerprint density at radius 2 is 1.95 bits per heavy atom. The van der Waals surface area contributed by atoms with Gasteiger partial charge in [-0.25, -0.2) is 10.4 Å². The van der Waals surface area contributed by atoms with Crippen molar-refractivity contribution in [2.75, 3.05) is 5.32 Å². The Hall–Kier alpha value is -3.45. The number of ether oxygens (including phenoxy) is 1. The molecule has 0 bridgehead atoms. The number of aromatic nitrogens is 1. The van der Waals surface area contributed by atoms with Crippen LogP contribution in [0.5, 0.6) is 5.75 Å². The summed E-state index contributed by atoms with van der Waals surface area (Å²) in [6.07, 6.45) is -2.92. The Balaban J connectivity index is 1.27. The molecule has 0 saturated heterocycles. The van der Waals surface area contributed by atoms with Crippen LogP contribution in [0.15, 0.2) is 77.2 Å². The molecule has 1 aromatic heterocycles. The SMILES string of the molecule is Cc1cccc(COc2ccc(/C=N\NC(=O)Cc3csc(Nc4cccc(C(F)(F)F)c4)n3)cc2I)c1. The van der Waals surface area contributed by atoms with E-state index in [2.05, 4.69) is 49.5 Å². The number of nitrogens with zero attached hydrogens (tertiary/aromatic N) is 2. The third kappa shape index (κ3) is 8.02. The second-order valence-electron chi connectivity index (χ2n) is 8.29. The van der Waals surface area contributed by atoms with Crippen LogP contribution in [0.25, 0.3) is 0 Å². The fourth-order valence-electron chi connectivity index (χ4n) is 3.40. The van der Waals surface area contributed by atoms with Gasteiger partial charge in [0.05, 0.1) is 27.5 Å². The summed E-state index contributed by atoms with van der Waals surface area (Å²) in [7, 11) is 0. The van der Waals surface area contributed by atoms with Crippen LogP contribution in [0.4, 0.5) is 24.0 Å². The maximum atomic E-state index is 12.9. The molecule has 0 aliphatic carbocycles. The van der Waals surface area contributed by atoms with Crippen LogP contribution in [-0.2, 0) is 24.0 Å². The highest BCUT2D eigenvalue weighted by molar-refractivity contribution is 14.1. The molecule has 4 rings (SSSR count). The second kappa shape index (κ2) is 12.4. The van der Waals surface area contributed by atoms with Crippen molar-refractivity contribution in [2.24, 2.45) is 5.10 Å². The summed E-state index contributed by atoms with van der Waals surface area (Å²) in [6, 6.07) is 18.6. The van der Waals surface area contributed by atoms with Crippen LogP contribution in [-0.4, -0.2) is 17.1 Å². The molecule has 38 heavy (non-hydrogen) atoms. The molecule has 0 aliphatic heterocycles. The largest absolute Gasteiger partial charge is 0.488 e. The molecule has 0 spiro atoms. The zero-order valence-electron chi connectivity index (χ0n) is 20.1. The second-order valence-corrected chi connectivity index (χ2v) is 10.3. The number of alkyl halides is 3. The summed E-state index contributed by atoms with van der Waals surface area (Å²) < 4.78 is 45.5. The van der Waals surface area contributed by atoms with Crippen molar-refractivity contribution in [3.63, 3.8) is 0 Å². The van der Waals surface area contributed by atoms with Crippen LogP contribution in [0.3, 0.4) is 0 Å². The Kier molecular flexibility index (Phi) is 9.00. The fourth-order valence-corrected chi connectivity index (χ4v) is 4.83. The average molecular weight is 650 g/mol. The van der Waals surface area contributed by atoms with E-state index in [9.17, 15) is 18.0 Å². The lowest BCUT2D eigenvalue weighted by Crippen LogP contribution is -2.19. The van der Waals surface area contributed by atoms with Crippen LogP contribution in [0.1, 0.15) is 27.9 Å². The van der Waals surface area contributed by atoms with E-state index in [0.717, 1.165) is 32.6 Å². The number of hydrazone groups is 1. The molecule has 6 nitrogen and oxygen atoms in total. The first-order valence-electron chi connectivity index (χ1n) is 11.3. The van der Waals surface area contributed by atoms with Gasteiger partial charge in [0.15, 0.2) is 5.13 Å². The van der Waals surface area contributed by atoms with Gasteiger partial charge in [0.2, 0.25) is 5.91 Å². The van der Waals surface area contributed by atoms with Gasteiger partial charge in [-0.15, -0.1) is 11.3 Å². The molecule has 1 heterocycles.